The quantitative estimate of drug-likeness (QED) is 0.744. The Kier molecular flexibility index (Phi) is 5.71. The summed E-state index contributed by atoms with van der Waals surface area (Å²) >= 11 is 0. The number of carbonyl (C=O) groups is 2. The second-order valence-electron chi connectivity index (χ2n) is 6.57. The first-order valence-electron chi connectivity index (χ1n) is 8.99. The maximum atomic E-state index is 12.2. The lowest BCUT2D eigenvalue weighted by Gasteiger charge is -2.28. The van der Waals surface area contributed by atoms with Crippen LogP contribution in [0.2, 0.25) is 0 Å². The molecule has 138 valence electrons. The van der Waals surface area contributed by atoms with E-state index in [1.807, 2.05) is 43.4 Å². The van der Waals surface area contributed by atoms with Crippen molar-refractivity contribution in [1.29, 1.82) is 0 Å². The average Bonchev–Trinajstić information content (AvgIpc) is 3.02. The second kappa shape index (κ2) is 8.17. The maximum Gasteiger partial charge on any atom is 0.309 e. The van der Waals surface area contributed by atoms with E-state index in [2.05, 4.69) is 5.10 Å². The molecule has 0 amide bonds. The summed E-state index contributed by atoms with van der Waals surface area (Å²) in [7, 11) is 1.82. The van der Waals surface area contributed by atoms with Gasteiger partial charge in [0, 0.05) is 37.4 Å². The van der Waals surface area contributed by atoms with Gasteiger partial charge in [0.05, 0.1) is 24.8 Å². The van der Waals surface area contributed by atoms with E-state index in [0.29, 0.717) is 38.4 Å². The van der Waals surface area contributed by atoms with Gasteiger partial charge in [-0.1, -0.05) is 30.3 Å². The molecule has 1 saturated carbocycles. The third-order valence-corrected chi connectivity index (χ3v) is 4.73. The molecule has 6 heteroatoms. The molecule has 3 rings (SSSR count). The van der Waals surface area contributed by atoms with Crippen molar-refractivity contribution in [2.45, 2.75) is 26.2 Å². The number of benzene rings is 1. The van der Waals surface area contributed by atoms with Crippen molar-refractivity contribution in [3.8, 4) is 17.1 Å². The van der Waals surface area contributed by atoms with Gasteiger partial charge in [0.2, 0.25) is 5.88 Å². The fourth-order valence-corrected chi connectivity index (χ4v) is 3.35. The molecule has 0 N–H and O–H groups in total. The predicted molar refractivity (Wildman–Crippen MR) is 96.6 cm³/mol. The highest BCUT2D eigenvalue weighted by Crippen LogP contribution is 2.30. The van der Waals surface area contributed by atoms with Gasteiger partial charge in [-0.3, -0.25) is 9.59 Å². The normalized spacial score (nSPS) is 20.0. The van der Waals surface area contributed by atoms with E-state index in [-0.39, 0.29) is 23.6 Å². The zero-order chi connectivity index (χ0) is 18.5. The zero-order valence-electron chi connectivity index (χ0n) is 15.2. The minimum Gasteiger partial charge on any atom is -0.477 e. The van der Waals surface area contributed by atoms with E-state index < -0.39 is 0 Å². The van der Waals surface area contributed by atoms with E-state index in [1.165, 1.54) is 0 Å². The lowest BCUT2D eigenvalue weighted by atomic mass is 9.79. The van der Waals surface area contributed by atoms with Crippen LogP contribution in [-0.2, 0) is 21.4 Å². The highest BCUT2D eigenvalue weighted by Gasteiger charge is 2.36. The molecule has 1 aliphatic rings. The summed E-state index contributed by atoms with van der Waals surface area (Å²) < 4.78 is 12.8. The third kappa shape index (κ3) is 4.12. The first-order valence-corrected chi connectivity index (χ1v) is 8.99. The Morgan fingerprint density at radius 1 is 1.31 bits per heavy atom. The molecule has 2 aromatic rings. The van der Waals surface area contributed by atoms with E-state index in [0.717, 1.165) is 11.3 Å². The Morgan fingerprint density at radius 3 is 2.81 bits per heavy atom. The Labute approximate surface area is 153 Å². The fraction of sp³-hybridized carbons (Fsp3) is 0.450. The third-order valence-electron chi connectivity index (χ3n) is 4.73. The number of aromatic nitrogens is 2. The van der Waals surface area contributed by atoms with Gasteiger partial charge in [-0.25, -0.2) is 4.68 Å². The minimum atomic E-state index is -0.283. The molecule has 0 bridgehead atoms. The molecule has 6 nitrogen and oxygen atoms in total. The van der Waals surface area contributed by atoms with Crippen molar-refractivity contribution in [3.05, 3.63) is 36.4 Å². The average molecular weight is 356 g/mol. The Bertz CT molecular complexity index is 769. The van der Waals surface area contributed by atoms with Crippen molar-refractivity contribution in [1.82, 2.24) is 9.78 Å². The Morgan fingerprint density at radius 2 is 2.08 bits per heavy atom. The Hall–Kier alpha value is -2.63. The van der Waals surface area contributed by atoms with E-state index >= 15 is 0 Å². The SMILES string of the molecule is CCOC(=O)C1CCC(=O)CC1COc1cc(-c2ccccc2)nn1C. The minimum absolute atomic E-state index is 0.162. The largest absolute Gasteiger partial charge is 0.477 e. The number of nitrogens with zero attached hydrogens (tertiary/aromatic N) is 2. The summed E-state index contributed by atoms with van der Waals surface area (Å²) in [5.41, 5.74) is 1.83. The van der Waals surface area contributed by atoms with Gasteiger partial charge in [-0.05, 0) is 13.3 Å². The van der Waals surface area contributed by atoms with Crippen molar-refractivity contribution >= 4 is 11.8 Å². The molecule has 0 saturated heterocycles. The summed E-state index contributed by atoms with van der Waals surface area (Å²) in [6.45, 7) is 2.43. The number of esters is 1. The van der Waals surface area contributed by atoms with Gasteiger partial charge in [0.1, 0.15) is 5.78 Å². The second-order valence-corrected chi connectivity index (χ2v) is 6.57. The van der Waals surface area contributed by atoms with Gasteiger partial charge < -0.3 is 9.47 Å². The smallest absolute Gasteiger partial charge is 0.309 e. The van der Waals surface area contributed by atoms with Crippen LogP contribution in [0.15, 0.2) is 36.4 Å². The monoisotopic (exact) mass is 356 g/mol. The number of ketones is 1. The highest BCUT2D eigenvalue weighted by molar-refractivity contribution is 5.83. The molecule has 0 aliphatic heterocycles. The van der Waals surface area contributed by atoms with Crippen molar-refractivity contribution in [2.75, 3.05) is 13.2 Å². The molecule has 1 aliphatic carbocycles. The van der Waals surface area contributed by atoms with Crippen molar-refractivity contribution < 1.29 is 19.1 Å². The lowest BCUT2D eigenvalue weighted by Crippen LogP contribution is -2.35. The number of hydrogen-bond donors (Lipinski definition) is 0. The van der Waals surface area contributed by atoms with Crippen molar-refractivity contribution in [3.63, 3.8) is 0 Å². The number of carbonyl (C=O) groups excluding carboxylic acids is 2. The van der Waals surface area contributed by atoms with Gasteiger partial charge in [-0.15, -0.1) is 0 Å². The van der Waals surface area contributed by atoms with Crippen LogP contribution in [0.1, 0.15) is 26.2 Å². The predicted octanol–water partition coefficient (Wildman–Crippen LogP) is 3.01. The fourth-order valence-electron chi connectivity index (χ4n) is 3.35. The van der Waals surface area contributed by atoms with E-state index in [4.69, 9.17) is 9.47 Å². The number of rotatable bonds is 6. The number of aryl methyl sites for hydroxylation is 1. The van der Waals surface area contributed by atoms with Crippen LogP contribution in [0.5, 0.6) is 5.88 Å². The topological polar surface area (TPSA) is 70.4 Å². The summed E-state index contributed by atoms with van der Waals surface area (Å²) in [5.74, 6) is 0.113. The zero-order valence-corrected chi connectivity index (χ0v) is 15.2. The van der Waals surface area contributed by atoms with Crippen LogP contribution in [0.4, 0.5) is 0 Å². The molecule has 2 unspecified atom stereocenters. The molecule has 2 atom stereocenters. The molecule has 1 fully saturated rings. The molecule has 1 aromatic carbocycles. The molecular formula is C20H24N2O4. The van der Waals surface area contributed by atoms with Gasteiger partial charge in [0.15, 0.2) is 0 Å². The molecular weight excluding hydrogens is 332 g/mol. The van der Waals surface area contributed by atoms with Crippen LogP contribution >= 0.6 is 0 Å². The maximum absolute atomic E-state index is 12.2. The van der Waals surface area contributed by atoms with Crippen LogP contribution < -0.4 is 4.74 Å². The lowest BCUT2D eigenvalue weighted by molar-refractivity contribution is -0.152. The van der Waals surface area contributed by atoms with E-state index in [1.54, 1.807) is 11.6 Å². The summed E-state index contributed by atoms with van der Waals surface area (Å²) in [4.78, 5) is 24.0. The van der Waals surface area contributed by atoms with Crippen LogP contribution in [0.25, 0.3) is 11.3 Å². The molecule has 1 heterocycles. The molecule has 0 spiro atoms. The first-order chi connectivity index (χ1) is 12.6. The molecule has 1 aromatic heterocycles. The van der Waals surface area contributed by atoms with Gasteiger partial charge in [-0.2, -0.15) is 5.10 Å². The first kappa shape index (κ1) is 18.2. The number of ether oxygens (including phenoxy) is 2. The number of hydrogen-bond acceptors (Lipinski definition) is 5. The molecule has 0 radical (unpaired) electrons. The summed E-state index contributed by atoms with van der Waals surface area (Å²) in [5, 5.41) is 4.48. The highest BCUT2D eigenvalue weighted by atomic mass is 16.5. The van der Waals surface area contributed by atoms with Crippen molar-refractivity contribution in [2.24, 2.45) is 18.9 Å². The standard InChI is InChI=1S/C20H24N2O4/c1-3-25-20(24)17-10-9-16(23)11-15(17)13-26-19-12-18(21-22(19)2)14-7-5-4-6-8-14/h4-8,12,15,17H,3,9-11,13H2,1-2H3. The van der Waals surface area contributed by atoms with Gasteiger partial charge in [0.25, 0.3) is 0 Å². The van der Waals surface area contributed by atoms with Crippen LogP contribution in [0.3, 0.4) is 0 Å². The molecule has 26 heavy (non-hydrogen) atoms. The Balaban J connectivity index is 1.69. The summed E-state index contributed by atoms with van der Waals surface area (Å²) in [6.07, 6.45) is 1.32. The van der Waals surface area contributed by atoms with Crippen LogP contribution in [0, 0.1) is 11.8 Å². The van der Waals surface area contributed by atoms with E-state index in [9.17, 15) is 9.59 Å². The van der Waals surface area contributed by atoms with Crippen LogP contribution in [-0.4, -0.2) is 34.7 Å². The summed E-state index contributed by atoms with van der Waals surface area (Å²) in [6, 6.07) is 11.7. The number of Topliss-reactive ketones (excluding diaryl/α,β-unsaturated/α-hetero) is 1. The van der Waals surface area contributed by atoms with Gasteiger partial charge >= 0.3 is 5.97 Å².